The molecular formula is C25H24O6. The maximum absolute atomic E-state index is 13.8. The second-order valence-electron chi connectivity index (χ2n) is 7.10. The monoisotopic (exact) mass is 420 g/mol. The molecule has 3 aromatic carbocycles. The lowest BCUT2D eigenvalue weighted by atomic mass is 9.80. The van der Waals surface area contributed by atoms with Gasteiger partial charge in [0.15, 0.2) is 5.78 Å². The van der Waals surface area contributed by atoms with E-state index >= 15 is 0 Å². The molecule has 0 radical (unpaired) electrons. The van der Waals surface area contributed by atoms with Gasteiger partial charge in [-0.1, -0.05) is 24.3 Å². The molecule has 1 aliphatic rings. The fourth-order valence-electron chi connectivity index (χ4n) is 3.96. The number of benzene rings is 3. The van der Waals surface area contributed by atoms with E-state index in [0.29, 0.717) is 34.1 Å². The van der Waals surface area contributed by atoms with Gasteiger partial charge < -0.3 is 23.7 Å². The lowest BCUT2D eigenvalue weighted by Gasteiger charge is -2.34. The maximum atomic E-state index is 13.8. The third kappa shape index (κ3) is 3.65. The number of rotatable bonds is 6. The molecule has 6 nitrogen and oxygen atoms in total. The van der Waals surface area contributed by atoms with Crippen LogP contribution in [0, 0.1) is 0 Å². The van der Waals surface area contributed by atoms with Gasteiger partial charge in [-0.15, -0.1) is 0 Å². The Morgan fingerprint density at radius 2 is 1.35 bits per heavy atom. The molecule has 0 bridgehead atoms. The number of fused-ring (bicyclic) bond motifs is 1. The van der Waals surface area contributed by atoms with E-state index in [1.807, 2.05) is 42.5 Å². The van der Waals surface area contributed by atoms with Gasteiger partial charge in [0, 0.05) is 12.1 Å². The van der Waals surface area contributed by atoms with Crippen LogP contribution in [0.1, 0.15) is 33.5 Å². The first-order valence-electron chi connectivity index (χ1n) is 9.85. The second-order valence-corrected chi connectivity index (χ2v) is 7.10. The summed E-state index contributed by atoms with van der Waals surface area (Å²) in [6.45, 7) is 0. The van der Waals surface area contributed by atoms with Crippen LogP contribution in [0.4, 0.5) is 0 Å². The Hall–Kier alpha value is -3.67. The quantitative estimate of drug-likeness (QED) is 0.570. The minimum atomic E-state index is -0.681. The average Bonchev–Trinajstić information content (AvgIpc) is 2.83. The summed E-state index contributed by atoms with van der Waals surface area (Å²) in [7, 11) is 6.30. The molecule has 6 heteroatoms. The molecule has 3 aromatic rings. The van der Waals surface area contributed by atoms with Crippen LogP contribution in [0.25, 0.3) is 0 Å². The van der Waals surface area contributed by atoms with Crippen molar-refractivity contribution in [2.75, 3.05) is 28.4 Å². The fraction of sp³-hybridized carbons (Fsp3) is 0.240. The molecule has 0 aliphatic carbocycles. The van der Waals surface area contributed by atoms with Crippen molar-refractivity contribution in [1.29, 1.82) is 0 Å². The summed E-state index contributed by atoms with van der Waals surface area (Å²) in [5, 5.41) is 0. The van der Waals surface area contributed by atoms with Gasteiger partial charge in [-0.2, -0.15) is 0 Å². The molecular weight excluding hydrogens is 396 g/mol. The molecule has 1 aliphatic heterocycles. The number of hydrogen-bond acceptors (Lipinski definition) is 6. The molecule has 31 heavy (non-hydrogen) atoms. The van der Waals surface area contributed by atoms with Gasteiger partial charge in [0.25, 0.3) is 0 Å². The Morgan fingerprint density at radius 3 is 1.94 bits per heavy atom. The molecule has 0 fully saturated rings. The van der Waals surface area contributed by atoms with E-state index in [1.165, 1.54) is 0 Å². The van der Waals surface area contributed by atoms with Crippen LogP contribution in [0.2, 0.25) is 0 Å². The first kappa shape index (κ1) is 20.6. The summed E-state index contributed by atoms with van der Waals surface area (Å²) in [5.74, 6) is 2.09. The molecule has 0 N–H and O–H groups in total. The molecule has 0 unspecified atom stereocenters. The molecule has 4 rings (SSSR count). The second kappa shape index (κ2) is 8.60. The van der Waals surface area contributed by atoms with Gasteiger partial charge >= 0.3 is 0 Å². The number of hydrogen-bond donors (Lipinski definition) is 0. The highest BCUT2D eigenvalue weighted by molar-refractivity contribution is 6.05. The Morgan fingerprint density at radius 1 is 0.742 bits per heavy atom. The number of methoxy groups -OCH3 is 4. The van der Waals surface area contributed by atoms with Gasteiger partial charge in [-0.25, -0.2) is 0 Å². The van der Waals surface area contributed by atoms with Crippen LogP contribution in [-0.4, -0.2) is 34.2 Å². The van der Waals surface area contributed by atoms with Crippen LogP contribution in [0.5, 0.6) is 28.7 Å². The highest BCUT2D eigenvalue weighted by Crippen LogP contribution is 2.50. The Bertz CT molecular complexity index is 1060. The SMILES string of the molecule is COc1ccc([C@@H]2Oc3ccccc3C(=O)[C@H]2c2c(OC)cc(OC)cc2OC)cc1. The predicted molar refractivity (Wildman–Crippen MR) is 116 cm³/mol. The van der Waals surface area contributed by atoms with E-state index in [9.17, 15) is 4.79 Å². The first-order valence-corrected chi connectivity index (χ1v) is 9.85. The molecule has 0 amide bonds. The minimum Gasteiger partial charge on any atom is -0.497 e. The Labute approximate surface area is 181 Å². The number of ether oxygens (including phenoxy) is 5. The van der Waals surface area contributed by atoms with Crippen LogP contribution in [0.3, 0.4) is 0 Å². The van der Waals surface area contributed by atoms with Crippen molar-refractivity contribution in [1.82, 2.24) is 0 Å². The van der Waals surface area contributed by atoms with E-state index in [4.69, 9.17) is 23.7 Å². The highest BCUT2D eigenvalue weighted by Gasteiger charge is 2.42. The number of ketones is 1. The smallest absolute Gasteiger partial charge is 0.178 e. The van der Waals surface area contributed by atoms with E-state index in [-0.39, 0.29) is 5.78 Å². The van der Waals surface area contributed by atoms with Crippen molar-refractivity contribution in [2.45, 2.75) is 12.0 Å². The first-order chi connectivity index (χ1) is 15.1. The van der Waals surface area contributed by atoms with E-state index in [2.05, 4.69) is 0 Å². The fourth-order valence-corrected chi connectivity index (χ4v) is 3.96. The summed E-state index contributed by atoms with van der Waals surface area (Å²) in [6.07, 6.45) is -0.579. The predicted octanol–water partition coefficient (Wildman–Crippen LogP) is 4.82. The largest absolute Gasteiger partial charge is 0.497 e. The summed E-state index contributed by atoms with van der Waals surface area (Å²) in [4.78, 5) is 13.8. The van der Waals surface area contributed by atoms with E-state index in [1.54, 1.807) is 46.6 Å². The molecule has 0 spiro atoms. The van der Waals surface area contributed by atoms with Crippen molar-refractivity contribution < 1.29 is 28.5 Å². The number of carbonyl (C=O) groups is 1. The van der Waals surface area contributed by atoms with Crippen LogP contribution >= 0.6 is 0 Å². The highest BCUT2D eigenvalue weighted by atomic mass is 16.5. The van der Waals surface area contributed by atoms with Crippen molar-refractivity contribution >= 4 is 5.78 Å². The van der Waals surface area contributed by atoms with Crippen LogP contribution in [-0.2, 0) is 0 Å². The summed E-state index contributed by atoms with van der Waals surface area (Å²) >= 11 is 0. The molecule has 0 saturated carbocycles. The van der Waals surface area contributed by atoms with Crippen molar-refractivity contribution in [2.24, 2.45) is 0 Å². The molecule has 0 aromatic heterocycles. The molecule has 2 atom stereocenters. The molecule has 160 valence electrons. The summed E-state index contributed by atoms with van der Waals surface area (Å²) < 4.78 is 28.3. The lowest BCUT2D eigenvalue weighted by molar-refractivity contribution is 0.0774. The zero-order valence-electron chi connectivity index (χ0n) is 17.9. The van der Waals surface area contributed by atoms with Gasteiger partial charge in [0.1, 0.15) is 34.9 Å². The Balaban J connectivity index is 1.93. The van der Waals surface area contributed by atoms with Gasteiger partial charge in [-0.3, -0.25) is 4.79 Å². The van der Waals surface area contributed by atoms with Crippen LogP contribution < -0.4 is 23.7 Å². The maximum Gasteiger partial charge on any atom is 0.178 e. The average molecular weight is 420 g/mol. The topological polar surface area (TPSA) is 63.2 Å². The standard InChI is InChI=1S/C25H24O6/c1-27-16-11-9-15(10-12-16)25-23(24(26)18-7-5-6-8-19(18)31-25)22-20(29-3)13-17(28-2)14-21(22)30-4/h5-14,23,25H,1-4H3/t23-,25+/m1/s1. The third-order valence-electron chi connectivity index (χ3n) is 5.50. The summed E-state index contributed by atoms with van der Waals surface area (Å²) in [5.41, 5.74) is 1.98. The normalized spacial score (nSPS) is 17.4. The minimum absolute atomic E-state index is 0.0653. The van der Waals surface area contributed by atoms with Gasteiger partial charge in [0.05, 0.1) is 45.5 Å². The molecule has 0 saturated heterocycles. The number of Topliss-reactive ketones (excluding diaryl/α,β-unsaturated/α-hetero) is 1. The summed E-state index contributed by atoms with van der Waals surface area (Å²) in [6, 6.07) is 18.3. The van der Waals surface area contributed by atoms with Crippen molar-refractivity contribution in [3.05, 3.63) is 77.4 Å². The van der Waals surface area contributed by atoms with Crippen LogP contribution in [0.15, 0.2) is 60.7 Å². The number of para-hydroxylation sites is 1. The zero-order valence-corrected chi connectivity index (χ0v) is 17.9. The zero-order chi connectivity index (χ0) is 22.0. The lowest BCUT2D eigenvalue weighted by Crippen LogP contribution is -2.30. The van der Waals surface area contributed by atoms with E-state index in [0.717, 1.165) is 11.3 Å². The third-order valence-corrected chi connectivity index (χ3v) is 5.50. The Kier molecular flexibility index (Phi) is 5.71. The van der Waals surface area contributed by atoms with Gasteiger partial charge in [-0.05, 0) is 29.8 Å². The number of carbonyl (C=O) groups excluding carboxylic acids is 1. The van der Waals surface area contributed by atoms with Crippen molar-refractivity contribution in [3.8, 4) is 28.7 Å². The van der Waals surface area contributed by atoms with Crippen molar-refractivity contribution in [3.63, 3.8) is 0 Å². The van der Waals surface area contributed by atoms with Gasteiger partial charge in [0.2, 0.25) is 0 Å². The molecule has 1 heterocycles. The van der Waals surface area contributed by atoms with E-state index < -0.39 is 12.0 Å².